The maximum atomic E-state index is 12.5. The number of fused-ring (bicyclic) bond motifs is 1. The Morgan fingerprint density at radius 1 is 0.967 bits per heavy atom. The number of amides is 1. The summed E-state index contributed by atoms with van der Waals surface area (Å²) >= 11 is 0. The van der Waals surface area contributed by atoms with Crippen LogP contribution in [0.3, 0.4) is 0 Å². The van der Waals surface area contributed by atoms with E-state index >= 15 is 0 Å². The second-order valence-electron chi connectivity index (χ2n) is 7.06. The van der Waals surface area contributed by atoms with E-state index in [4.69, 9.17) is 0 Å². The molecule has 0 unspecified atom stereocenters. The second kappa shape index (κ2) is 8.30. The Kier molecular flexibility index (Phi) is 5.57. The van der Waals surface area contributed by atoms with Gasteiger partial charge in [-0.05, 0) is 66.6 Å². The lowest BCUT2D eigenvalue weighted by molar-refractivity contribution is 0.102. The predicted octanol–water partition coefficient (Wildman–Crippen LogP) is 3.93. The zero-order chi connectivity index (χ0) is 21.1. The summed E-state index contributed by atoms with van der Waals surface area (Å²) in [5.41, 5.74) is 4.72. The summed E-state index contributed by atoms with van der Waals surface area (Å²) in [7, 11) is -3.53. The number of rotatable bonds is 6. The Morgan fingerprint density at radius 2 is 1.67 bits per heavy atom. The average molecular weight is 422 g/mol. The first-order valence-electron chi connectivity index (χ1n) is 9.84. The molecule has 0 spiro atoms. The van der Waals surface area contributed by atoms with Crippen molar-refractivity contribution >= 4 is 33.0 Å². The number of anilines is 3. The smallest absolute Gasteiger partial charge is 0.255 e. The number of carbonyl (C=O) groups is 1. The summed E-state index contributed by atoms with van der Waals surface area (Å²) < 4.78 is 26.4. The Balaban J connectivity index is 1.44. The molecule has 2 N–H and O–H groups in total. The average Bonchev–Trinajstić information content (AvgIpc) is 3.18. The van der Waals surface area contributed by atoms with Gasteiger partial charge < -0.3 is 10.2 Å². The molecule has 7 heteroatoms. The molecular weight excluding hydrogens is 398 g/mol. The fourth-order valence-electron chi connectivity index (χ4n) is 3.59. The lowest BCUT2D eigenvalue weighted by atomic mass is 10.2. The standard InChI is InChI=1S/C23H23N3O3S/c1-2-24-30(28,29)21-13-7-18(8-14-21)23(27)25-19-9-11-20(12-10-19)26-16-15-17-5-3-4-6-22(17)26/h3-14,24H,2,15-16H2,1H3,(H,25,27). The summed E-state index contributed by atoms with van der Waals surface area (Å²) in [6.07, 6.45) is 1.02. The minimum absolute atomic E-state index is 0.135. The number of nitrogens with one attached hydrogen (secondary N) is 2. The first-order chi connectivity index (χ1) is 14.5. The van der Waals surface area contributed by atoms with Gasteiger partial charge in [0.25, 0.3) is 5.91 Å². The highest BCUT2D eigenvalue weighted by Crippen LogP contribution is 2.34. The normalized spacial score (nSPS) is 13.2. The van der Waals surface area contributed by atoms with E-state index < -0.39 is 10.0 Å². The minimum Gasteiger partial charge on any atom is -0.341 e. The van der Waals surface area contributed by atoms with Crippen LogP contribution in [0, 0.1) is 0 Å². The molecule has 0 radical (unpaired) electrons. The quantitative estimate of drug-likeness (QED) is 0.632. The first-order valence-corrected chi connectivity index (χ1v) is 11.3. The number of sulfonamides is 1. The van der Waals surface area contributed by atoms with Gasteiger partial charge in [0, 0.05) is 35.7 Å². The fourth-order valence-corrected chi connectivity index (χ4v) is 4.63. The zero-order valence-corrected chi connectivity index (χ0v) is 17.4. The summed E-state index contributed by atoms with van der Waals surface area (Å²) in [4.78, 5) is 14.9. The van der Waals surface area contributed by atoms with E-state index in [1.54, 1.807) is 6.92 Å². The SMILES string of the molecule is CCNS(=O)(=O)c1ccc(C(=O)Nc2ccc(N3CCc4ccccc43)cc2)cc1. The van der Waals surface area contributed by atoms with Gasteiger partial charge in [0.2, 0.25) is 10.0 Å². The van der Waals surface area contributed by atoms with E-state index in [9.17, 15) is 13.2 Å². The topological polar surface area (TPSA) is 78.5 Å². The van der Waals surface area contributed by atoms with Crippen LogP contribution >= 0.6 is 0 Å². The van der Waals surface area contributed by atoms with Gasteiger partial charge >= 0.3 is 0 Å². The number of benzene rings is 3. The zero-order valence-electron chi connectivity index (χ0n) is 16.6. The molecule has 0 fully saturated rings. The molecule has 0 saturated heterocycles. The molecule has 154 valence electrons. The van der Waals surface area contributed by atoms with Gasteiger partial charge in [0.1, 0.15) is 0 Å². The molecule has 4 rings (SSSR count). The van der Waals surface area contributed by atoms with Crippen LogP contribution in [0.15, 0.2) is 77.7 Å². The molecule has 1 heterocycles. The van der Waals surface area contributed by atoms with Gasteiger partial charge in [-0.2, -0.15) is 0 Å². The highest BCUT2D eigenvalue weighted by molar-refractivity contribution is 7.89. The molecule has 1 aliphatic rings. The molecule has 0 aromatic heterocycles. The number of para-hydroxylation sites is 1. The molecule has 3 aromatic carbocycles. The molecule has 0 atom stereocenters. The second-order valence-corrected chi connectivity index (χ2v) is 8.82. The minimum atomic E-state index is -3.53. The Hall–Kier alpha value is -3.16. The van der Waals surface area contributed by atoms with Gasteiger partial charge in [-0.15, -0.1) is 0 Å². The molecule has 1 amide bonds. The molecule has 0 aliphatic carbocycles. The van der Waals surface area contributed by atoms with Crippen molar-refractivity contribution in [2.24, 2.45) is 0 Å². The summed E-state index contributed by atoms with van der Waals surface area (Å²) in [5.74, 6) is -0.290. The third-order valence-corrected chi connectivity index (χ3v) is 6.65. The van der Waals surface area contributed by atoms with E-state index in [1.165, 1.54) is 35.5 Å². The lowest BCUT2D eigenvalue weighted by Crippen LogP contribution is -2.23. The molecular formula is C23H23N3O3S. The first kappa shape index (κ1) is 20.1. The van der Waals surface area contributed by atoms with Crippen LogP contribution in [-0.4, -0.2) is 27.4 Å². The largest absolute Gasteiger partial charge is 0.341 e. The van der Waals surface area contributed by atoms with E-state index in [0.29, 0.717) is 17.8 Å². The monoisotopic (exact) mass is 421 g/mol. The fraction of sp³-hybridized carbons (Fsp3) is 0.174. The van der Waals surface area contributed by atoms with Crippen molar-refractivity contribution in [2.45, 2.75) is 18.2 Å². The molecule has 30 heavy (non-hydrogen) atoms. The van der Waals surface area contributed by atoms with Crippen LogP contribution in [-0.2, 0) is 16.4 Å². The van der Waals surface area contributed by atoms with Crippen LogP contribution in [0.1, 0.15) is 22.8 Å². The summed E-state index contributed by atoms with van der Waals surface area (Å²) in [6.45, 7) is 2.96. The number of hydrogen-bond acceptors (Lipinski definition) is 4. The van der Waals surface area contributed by atoms with Crippen molar-refractivity contribution in [1.29, 1.82) is 0 Å². The van der Waals surface area contributed by atoms with E-state index in [0.717, 1.165) is 18.7 Å². The van der Waals surface area contributed by atoms with Gasteiger partial charge in [0.15, 0.2) is 0 Å². The summed E-state index contributed by atoms with van der Waals surface area (Å²) in [5, 5.41) is 2.86. The predicted molar refractivity (Wildman–Crippen MR) is 119 cm³/mol. The Bertz CT molecular complexity index is 1160. The Morgan fingerprint density at radius 3 is 2.37 bits per heavy atom. The van der Waals surface area contributed by atoms with E-state index in [2.05, 4.69) is 33.1 Å². The van der Waals surface area contributed by atoms with Crippen molar-refractivity contribution in [1.82, 2.24) is 4.72 Å². The van der Waals surface area contributed by atoms with Crippen LogP contribution in [0.4, 0.5) is 17.1 Å². The van der Waals surface area contributed by atoms with Crippen molar-refractivity contribution in [3.8, 4) is 0 Å². The molecule has 1 aliphatic heterocycles. The highest BCUT2D eigenvalue weighted by Gasteiger charge is 2.19. The molecule has 0 bridgehead atoms. The van der Waals surface area contributed by atoms with Crippen molar-refractivity contribution in [2.75, 3.05) is 23.3 Å². The third kappa shape index (κ3) is 4.08. The van der Waals surface area contributed by atoms with Gasteiger partial charge in [-0.1, -0.05) is 25.1 Å². The molecule has 0 saturated carbocycles. The van der Waals surface area contributed by atoms with Gasteiger partial charge in [-0.3, -0.25) is 4.79 Å². The van der Waals surface area contributed by atoms with Crippen molar-refractivity contribution in [3.63, 3.8) is 0 Å². The van der Waals surface area contributed by atoms with Crippen molar-refractivity contribution < 1.29 is 13.2 Å². The third-order valence-electron chi connectivity index (χ3n) is 5.09. The van der Waals surface area contributed by atoms with Crippen LogP contribution in [0.5, 0.6) is 0 Å². The number of carbonyl (C=O) groups excluding carboxylic acids is 1. The number of nitrogens with zero attached hydrogens (tertiary/aromatic N) is 1. The maximum Gasteiger partial charge on any atom is 0.255 e. The summed E-state index contributed by atoms with van der Waals surface area (Å²) in [6, 6.07) is 22.0. The van der Waals surface area contributed by atoms with Crippen LogP contribution in [0.25, 0.3) is 0 Å². The van der Waals surface area contributed by atoms with Gasteiger partial charge in [-0.25, -0.2) is 13.1 Å². The van der Waals surface area contributed by atoms with E-state index in [1.807, 2.05) is 30.3 Å². The van der Waals surface area contributed by atoms with Gasteiger partial charge in [0.05, 0.1) is 4.90 Å². The molecule has 3 aromatic rings. The molecule has 6 nitrogen and oxygen atoms in total. The lowest BCUT2D eigenvalue weighted by Gasteiger charge is -2.20. The number of hydrogen-bond donors (Lipinski definition) is 2. The van der Waals surface area contributed by atoms with Crippen LogP contribution in [0.2, 0.25) is 0 Å². The van der Waals surface area contributed by atoms with E-state index in [-0.39, 0.29) is 10.8 Å². The highest BCUT2D eigenvalue weighted by atomic mass is 32.2. The van der Waals surface area contributed by atoms with Crippen molar-refractivity contribution in [3.05, 3.63) is 83.9 Å². The Labute approximate surface area is 176 Å². The van der Waals surface area contributed by atoms with Crippen LogP contribution < -0.4 is 14.9 Å². The maximum absolute atomic E-state index is 12.5.